The molecule has 0 saturated carbocycles. The number of likely N-dealkylation sites (tertiary alicyclic amines) is 1. The minimum absolute atomic E-state index is 0.0630. The summed E-state index contributed by atoms with van der Waals surface area (Å²) in [6, 6.07) is 3.89. The zero-order valence-electron chi connectivity index (χ0n) is 13.1. The highest BCUT2D eigenvalue weighted by Crippen LogP contribution is 2.21. The Bertz CT molecular complexity index is 626. The number of benzene rings is 1. The molecule has 24 heavy (non-hydrogen) atoms. The van der Waals surface area contributed by atoms with E-state index < -0.39 is 17.6 Å². The van der Waals surface area contributed by atoms with Crippen molar-refractivity contribution in [3.63, 3.8) is 0 Å². The second-order valence-corrected chi connectivity index (χ2v) is 5.90. The van der Waals surface area contributed by atoms with Crippen molar-refractivity contribution in [2.24, 2.45) is 0 Å². The lowest BCUT2D eigenvalue weighted by molar-refractivity contribution is -0.385. The van der Waals surface area contributed by atoms with E-state index in [0.717, 1.165) is 0 Å². The number of carbonyl (C=O) groups excluding carboxylic acids is 1. The predicted octanol–water partition coefficient (Wildman–Crippen LogP) is 2.66. The summed E-state index contributed by atoms with van der Waals surface area (Å²) in [5.74, 6) is -0.373. The van der Waals surface area contributed by atoms with Gasteiger partial charge < -0.3 is 5.32 Å². The lowest BCUT2D eigenvalue weighted by Gasteiger charge is -2.32. The Morgan fingerprint density at radius 2 is 2.00 bits per heavy atom. The molecule has 0 spiro atoms. The molecule has 0 radical (unpaired) electrons. The second-order valence-electron chi connectivity index (χ2n) is 5.90. The maximum atomic E-state index is 12.3. The highest BCUT2D eigenvalue weighted by molar-refractivity contribution is 5.94. The Kier molecular flexibility index (Phi) is 5.43. The molecule has 2 rings (SSSR count). The minimum Gasteiger partial charge on any atom is -0.349 e. The van der Waals surface area contributed by atoms with Gasteiger partial charge in [0.2, 0.25) is 0 Å². The van der Waals surface area contributed by atoms with E-state index in [2.05, 4.69) is 5.32 Å². The maximum Gasteiger partial charge on any atom is 0.401 e. The van der Waals surface area contributed by atoms with E-state index in [-0.39, 0.29) is 30.7 Å². The number of amides is 1. The molecule has 1 aliphatic rings. The zero-order chi connectivity index (χ0) is 17.9. The van der Waals surface area contributed by atoms with Gasteiger partial charge in [0.15, 0.2) is 0 Å². The number of piperidine rings is 1. The molecule has 1 fully saturated rings. The molecule has 1 N–H and O–H groups in total. The van der Waals surface area contributed by atoms with E-state index >= 15 is 0 Å². The van der Waals surface area contributed by atoms with Gasteiger partial charge in [0.25, 0.3) is 11.6 Å². The SMILES string of the molecule is Cc1cc(C(=O)NC2CCN(CC(F)(F)F)CC2)ccc1[N+](=O)[O-]. The average Bonchev–Trinajstić information content (AvgIpc) is 2.47. The third-order valence-corrected chi connectivity index (χ3v) is 3.98. The van der Waals surface area contributed by atoms with Gasteiger partial charge in [-0.05, 0) is 31.9 Å². The minimum atomic E-state index is -4.22. The number of rotatable bonds is 4. The van der Waals surface area contributed by atoms with Crippen molar-refractivity contribution in [1.82, 2.24) is 10.2 Å². The summed E-state index contributed by atoms with van der Waals surface area (Å²) in [5.41, 5.74) is 0.621. The molecule has 0 aromatic heterocycles. The van der Waals surface area contributed by atoms with Gasteiger partial charge in [0.1, 0.15) is 0 Å². The zero-order valence-corrected chi connectivity index (χ0v) is 13.1. The summed E-state index contributed by atoms with van der Waals surface area (Å²) in [6.45, 7) is 1.15. The molecule has 1 aromatic rings. The molecule has 1 saturated heterocycles. The number of alkyl halides is 3. The van der Waals surface area contributed by atoms with E-state index in [4.69, 9.17) is 0 Å². The Labute approximate surface area is 136 Å². The van der Waals surface area contributed by atoms with Crippen molar-refractivity contribution in [1.29, 1.82) is 0 Å². The molecule has 1 aromatic carbocycles. The summed E-state index contributed by atoms with van der Waals surface area (Å²) in [6.07, 6.45) is -3.34. The molecule has 0 unspecified atom stereocenters. The van der Waals surface area contributed by atoms with Crippen LogP contribution in [0.1, 0.15) is 28.8 Å². The molecule has 1 amide bonds. The second kappa shape index (κ2) is 7.16. The molecule has 0 bridgehead atoms. The first-order valence-corrected chi connectivity index (χ1v) is 7.51. The molecule has 0 atom stereocenters. The topological polar surface area (TPSA) is 75.5 Å². The molecule has 1 aliphatic heterocycles. The third kappa shape index (κ3) is 4.92. The van der Waals surface area contributed by atoms with Gasteiger partial charge in [-0.15, -0.1) is 0 Å². The molecular weight excluding hydrogens is 327 g/mol. The fraction of sp³-hybridized carbons (Fsp3) is 0.533. The number of aryl methyl sites for hydroxylation is 1. The standard InChI is InChI=1S/C15H18F3N3O3/c1-10-8-11(2-3-13(10)21(23)24)14(22)19-12-4-6-20(7-5-12)9-15(16,17)18/h2-3,8,12H,4-7,9H2,1H3,(H,19,22). The first-order chi connectivity index (χ1) is 11.2. The van der Waals surface area contributed by atoms with Crippen molar-refractivity contribution in [2.75, 3.05) is 19.6 Å². The van der Waals surface area contributed by atoms with Crippen LogP contribution in [-0.4, -0.2) is 47.6 Å². The number of nitrogens with one attached hydrogen (secondary N) is 1. The fourth-order valence-corrected chi connectivity index (χ4v) is 2.76. The maximum absolute atomic E-state index is 12.3. The van der Waals surface area contributed by atoms with Crippen LogP contribution in [0.3, 0.4) is 0 Å². The molecule has 1 heterocycles. The summed E-state index contributed by atoms with van der Waals surface area (Å²) >= 11 is 0. The number of nitrogens with zero attached hydrogens (tertiary/aromatic N) is 2. The van der Waals surface area contributed by atoms with Crippen LogP contribution >= 0.6 is 0 Å². The first kappa shape index (κ1) is 18.2. The van der Waals surface area contributed by atoms with E-state index in [0.29, 0.717) is 24.0 Å². The Balaban J connectivity index is 1.90. The van der Waals surface area contributed by atoms with Crippen LogP contribution in [0.2, 0.25) is 0 Å². The monoisotopic (exact) mass is 345 g/mol. The lowest BCUT2D eigenvalue weighted by Crippen LogP contribution is -2.47. The van der Waals surface area contributed by atoms with E-state index in [1.165, 1.54) is 23.1 Å². The van der Waals surface area contributed by atoms with E-state index in [9.17, 15) is 28.1 Å². The Hall–Kier alpha value is -2.16. The van der Waals surface area contributed by atoms with Crippen molar-refractivity contribution < 1.29 is 22.9 Å². The number of nitro groups is 1. The lowest BCUT2D eigenvalue weighted by atomic mass is 10.0. The summed E-state index contributed by atoms with van der Waals surface area (Å²) in [7, 11) is 0. The smallest absolute Gasteiger partial charge is 0.349 e. The number of nitro benzene ring substituents is 1. The Morgan fingerprint density at radius 1 is 1.38 bits per heavy atom. The van der Waals surface area contributed by atoms with Gasteiger partial charge in [-0.3, -0.25) is 19.8 Å². The van der Waals surface area contributed by atoms with Crippen molar-refractivity contribution in [3.8, 4) is 0 Å². The van der Waals surface area contributed by atoms with Crippen molar-refractivity contribution in [2.45, 2.75) is 32.0 Å². The van der Waals surface area contributed by atoms with Gasteiger partial charge in [-0.1, -0.05) is 0 Å². The number of carbonyl (C=O) groups is 1. The summed E-state index contributed by atoms with van der Waals surface area (Å²) in [5, 5.41) is 13.5. The summed E-state index contributed by atoms with van der Waals surface area (Å²) < 4.78 is 37.0. The Morgan fingerprint density at radius 3 is 2.50 bits per heavy atom. The van der Waals surface area contributed by atoms with Crippen LogP contribution in [0.25, 0.3) is 0 Å². The highest BCUT2D eigenvalue weighted by atomic mass is 19.4. The van der Waals surface area contributed by atoms with Crippen LogP contribution in [0.4, 0.5) is 18.9 Å². The normalized spacial score (nSPS) is 16.8. The van der Waals surface area contributed by atoms with Gasteiger partial charge in [0.05, 0.1) is 11.5 Å². The van der Waals surface area contributed by atoms with Crippen molar-refractivity contribution >= 4 is 11.6 Å². The third-order valence-electron chi connectivity index (χ3n) is 3.98. The fourth-order valence-electron chi connectivity index (χ4n) is 2.76. The van der Waals surface area contributed by atoms with Crippen LogP contribution in [0.15, 0.2) is 18.2 Å². The molecule has 132 valence electrons. The van der Waals surface area contributed by atoms with Crippen LogP contribution < -0.4 is 5.32 Å². The molecule has 9 heteroatoms. The van der Waals surface area contributed by atoms with Crippen LogP contribution in [0.5, 0.6) is 0 Å². The quantitative estimate of drug-likeness (QED) is 0.672. The van der Waals surface area contributed by atoms with Gasteiger partial charge in [0, 0.05) is 36.3 Å². The highest BCUT2D eigenvalue weighted by Gasteiger charge is 2.32. The van der Waals surface area contributed by atoms with Gasteiger partial charge in [-0.2, -0.15) is 13.2 Å². The van der Waals surface area contributed by atoms with Gasteiger partial charge >= 0.3 is 6.18 Å². The van der Waals surface area contributed by atoms with Crippen LogP contribution in [0, 0.1) is 17.0 Å². The van der Waals surface area contributed by atoms with Gasteiger partial charge in [-0.25, -0.2) is 0 Å². The van der Waals surface area contributed by atoms with Crippen molar-refractivity contribution in [3.05, 3.63) is 39.4 Å². The van der Waals surface area contributed by atoms with Crippen LogP contribution in [-0.2, 0) is 0 Å². The summed E-state index contributed by atoms with van der Waals surface area (Å²) in [4.78, 5) is 23.7. The average molecular weight is 345 g/mol. The molecule has 0 aliphatic carbocycles. The van der Waals surface area contributed by atoms with E-state index in [1.807, 2.05) is 0 Å². The van der Waals surface area contributed by atoms with E-state index in [1.54, 1.807) is 6.92 Å². The predicted molar refractivity (Wildman–Crippen MR) is 80.8 cm³/mol. The number of hydrogen-bond donors (Lipinski definition) is 1. The largest absolute Gasteiger partial charge is 0.401 e. The molecule has 6 nitrogen and oxygen atoms in total. The number of hydrogen-bond acceptors (Lipinski definition) is 4. The molecular formula is C15H18F3N3O3. The number of halogens is 3. The first-order valence-electron chi connectivity index (χ1n) is 7.51.